The number of ether oxygens (including phenoxy) is 1. The molecule has 1 aliphatic heterocycles. The van der Waals surface area contributed by atoms with Crippen LogP contribution in [0, 0.1) is 0 Å². The fourth-order valence-electron chi connectivity index (χ4n) is 3.05. The predicted molar refractivity (Wildman–Crippen MR) is 105 cm³/mol. The molecule has 0 aliphatic carbocycles. The lowest BCUT2D eigenvalue weighted by atomic mass is 10.1. The maximum absolute atomic E-state index is 12.9. The Morgan fingerprint density at radius 3 is 2.50 bits per heavy atom. The molecule has 0 bridgehead atoms. The van der Waals surface area contributed by atoms with Crippen LogP contribution in [-0.4, -0.2) is 34.7 Å². The molecule has 0 saturated heterocycles. The van der Waals surface area contributed by atoms with Gasteiger partial charge in [-0.25, -0.2) is 4.68 Å². The van der Waals surface area contributed by atoms with Crippen molar-refractivity contribution in [2.75, 3.05) is 19.4 Å². The molecular weight excluding hydrogens is 360 g/mol. The fourth-order valence-corrected chi connectivity index (χ4v) is 3.05. The number of carbonyl (C=O) groups is 1. The van der Waals surface area contributed by atoms with E-state index in [2.05, 4.69) is 10.4 Å². The van der Waals surface area contributed by atoms with Crippen molar-refractivity contribution in [2.45, 2.75) is 6.54 Å². The minimum absolute atomic E-state index is 0.0432. The van der Waals surface area contributed by atoms with Crippen molar-refractivity contribution in [3.05, 3.63) is 80.4 Å². The van der Waals surface area contributed by atoms with Crippen LogP contribution in [0.15, 0.2) is 58.1 Å². The van der Waals surface area contributed by atoms with E-state index in [4.69, 9.17) is 4.74 Å². The van der Waals surface area contributed by atoms with E-state index >= 15 is 0 Å². The summed E-state index contributed by atoms with van der Waals surface area (Å²) in [5.41, 5.74) is 0.685. The first-order valence-electron chi connectivity index (χ1n) is 8.66. The molecule has 28 heavy (non-hydrogen) atoms. The number of amides is 1. The van der Waals surface area contributed by atoms with Gasteiger partial charge in [0.05, 0.1) is 17.8 Å². The van der Waals surface area contributed by atoms with Gasteiger partial charge in [-0.15, -0.1) is 0 Å². The van der Waals surface area contributed by atoms with Gasteiger partial charge in [0.25, 0.3) is 11.5 Å². The average molecular weight is 378 g/mol. The quantitative estimate of drug-likeness (QED) is 0.569. The smallest absolute Gasteiger partial charge is 0.308 e. The van der Waals surface area contributed by atoms with Crippen LogP contribution in [-0.2, 0) is 6.54 Å². The van der Waals surface area contributed by atoms with Crippen LogP contribution in [0.4, 0.5) is 11.4 Å². The van der Waals surface area contributed by atoms with Crippen LogP contribution in [0.3, 0.4) is 0 Å². The first-order valence-corrected chi connectivity index (χ1v) is 8.66. The Morgan fingerprint density at radius 1 is 1.04 bits per heavy atom. The second-order valence-corrected chi connectivity index (χ2v) is 6.63. The molecule has 142 valence electrons. The molecule has 2 aromatic carbocycles. The molecule has 4 rings (SSSR count). The van der Waals surface area contributed by atoms with Gasteiger partial charge in [-0.1, -0.05) is 36.4 Å². The second-order valence-electron chi connectivity index (χ2n) is 6.63. The molecule has 2 heterocycles. The highest BCUT2D eigenvalue weighted by Crippen LogP contribution is 2.40. The summed E-state index contributed by atoms with van der Waals surface area (Å²) in [5, 5.41) is 5.50. The number of aromatic amines is 1. The highest BCUT2D eigenvalue weighted by molar-refractivity contribution is 5.99. The number of nitrogens with one attached hydrogen (secondary N) is 2. The summed E-state index contributed by atoms with van der Waals surface area (Å²) in [4.78, 5) is 39.3. The number of anilines is 2. The molecule has 8 nitrogen and oxygen atoms in total. The van der Waals surface area contributed by atoms with Crippen molar-refractivity contribution in [1.29, 1.82) is 0 Å². The number of fused-ring (bicyclic) bond motifs is 2. The molecule has 2 N–H and O–H groups in total. The van der Waals surface area contributed by atoms with Crippen molar-refractivity contribution >= 4 is 17.3 Å². The Labute approximate surface area is 160 Å². The van der Waals surface area contributed by atoms with E-state index in [1.165, 1.54) is 9.58 Å². The molecular formula is C20H18N4O4. The van der Waals surface area contributed by atoms with Crippen LogP contribution in [0.2, 0.25) is 0 Å². The van der Waals surface area contributed by atoms with Gasteiger partial charge in [-0.3, -0.25) is 19.5 Å². The number of aromatic nitrogens is 2. The minimum atomic E-state index is -0.559. The van der Waals surface area contributed by atoms with Crippen LogP contribution in [0.1, 0.15) is 15.9 Å². The number of rotatable bonds is 3. The number of H-pyrrole nitrogens is 1. The van der Waals surface area contributed by atoms with Gasteiger partial charge < -0.3 is 15.0 Å². The molecule has 0 spiro atoms. The summed E-state index contributed by atoms with van der Waals surface area (Å²) in [5.74, 6) is -0.198. The largest absolute Gasteiger partial charge is 0.446 e. The van der Waals surface area contributed by atoms with Crippen molar-refractivity contribution in [3.63, 3.8) is 0 Å². The first-order chi connectivity index (χ1) is 13.5. The zero-order valence-corrected chi connectivity index (χ0v) is 15.4. The zero-order chi connectivity index (χ0) is 19.8. The molecule has 0 saturated carbocycles. The van der Waals surface area contributed by atoms with Crippen LogP contribution in [0.25, 0.3) is 0 Å². The molecule has 8 heteroatoms. The summed E-state index contributed by atoms with van der Waals surface area (Å²) in [7, 11) is 3.25. The van der Waals surface area contributed by atoms with Crippen molar-refractivity contribution in [1.82, 2.24) is 14.7 Å². The Bertz CT molecular complexity index is 1180. The number of nitrogens with zero attached hydrogens (tertiary/aromatic N) is 2. The van der Waals surface area contributed by atoms with Gasteiger partial charge in [-0.05, 0) is 17.7 Å². The van der Waals surface area contributed by atoms with Crippen LogP contribution in [0.5, 0.6) is 11.5 Å². The van der Waals surface area contributed by atoms with E-state index in [-0.39, 0.29) is 29.6 Å². The third-order valence-corrected chi connectivity index (χ3v) is 4.43. The van der Waals surface area contributed by atoms with Crippen molar-refractivity contribution in [2.24, 2.45) is 0 Å². The van der Waals surface area contributed by atoms with Gasteiger partial charge in [-0.2, -0.15) is 0 Å². The lowest BCUT2D eigenvalue weighted by Crippen LogP contribution is -2.34. The molecule has 3 aromatic rings. The maximum Gasteiger partial charge on any atom is 0.308 e. The summed E-state index contributed by atoms with van der Waals surface area (Å²) in [6.07, 6.45) is 0. The Hall–Kier alpha value is -3.81. The Morgan fingerprint density at radius 2 is 1.79 bits per heavy atom. The topological polar surface area (TPSA) is 96.4 Å². The Balaban J connectivity index is 1.78. The highest BCUT2D eigenvalue weighted by Gasteiger charge is 2.28. The fraction of sp³-hybridized carbons (Fsp3) is 0.150. The molecule has 0 radical (unpaired) electrons. The van der Waals surface area contributed by atoms with E-state index in [0.29, 0.717) is 11.3 Å². The van der Waals surface area contributed by atoms with Gasteiger partial charge in [0.15, 0.2) is 11.4 Å². The van der Waals surface area contributed by atoms with Crippen molar-refractivity contribution in [3.8, 4) is 11.5 Å². The van der Waals surface area contributed by atoms with E-state index in [0.717, 1.165) is 5.56 Å². The number of para-hydroxylation sites is 1. The monoisotopic (exact) mass is 378 g/mol. The van der Waals surface area contributed by atoms with Gasteiger partial charge in [0, 0.05) is 14.1 Å². The molecule has 0 atom stereocenters. The number of hydrogen-bond acceptors (Lipinski definition) is 5. The predicted octanol–water partition coefficient (Wildman–Crippen LogP) is 2.14. The molecule has 0 unspecified atom stereocenters. The normalized spacial score (nSPS) is 11.6. The number of hydrogen-bond donors (Lipinski definition) is 2. The average Bonchev–Trinajstić information content (AvgIpc) is 2.70. The van der Waals surface area contributed by atoms with Gasteiger partial charge >= 0.3 is 5.56 Å². The molecule has 1 aliphatic rings. The third kappa shape index (κ3) is 2.94. The van der Waals surface area contributed by atoms with E-state index < -0.39 is 11.1 Å². The number of carbonyl (C=O) groups excluding carboxylic acids is 1. The summed E-state index contributed by atoms with van der Waals surface area (Å²) >= 11 is 0. The molecule has 1 amide bonds. The molecule has 1 aromatic heterocycles. The van der Waals surface area contributed by atoms with Crippen LogP contribution >= 0.6 is 0 Å². The van der Waals surface area contributed by atoms with E-state index in [1.807, 2.05) is 30.3 Å². The molecule has 0 fully saturated rings. The number of benzene rings is 2. The van der Waals surface area contributed by atoms with Crippen molar-refractivity contribution < 1.29 is 9.53 Å². The summed E-state index contributed by atoms with van der Waals surface area (Å²) in [6, 6.07) is 14.3. The van der Waals surface area contributed by atoms with Gasteiger partial charge in [0.2, 0.25) is 5.75 Å². The first kappa shape index (κ1) is 17.6. The summed E-state index contributed by atoms with van der Waals surface area (Å²) in [6.45, 7) is 0.218. The van der Waals surface area contributed by atoms with Gasteiger partial charge in [0.1, 0.15) is 0 Å². The standard InChI is InChI=1S/C20H18N4O4/c1-23(2)19(26)13-9-6-10-14-16(13)28-17-15(21-14)20(27)24(22-18(17)25)11-12-7-4-3-5-8-12/h3-10,21H,11H2,1-2H3,(H,22,25). The lowest BCUT2D eigenvalue weighted by Gasteiger charge is -2.24. The van der Waals surface area contributed by atoms with E-state index in [1.54, 1.807) is 32.3 Å². The Kier molecular flexibility index (Phi) is 4.23. The lowest BCUT2D eigenvalue weighted by molar-refractivity contribution is 0.0825. The third-order valence-electron chi connectivity index (χ3n) is 4.43. The second kappa shape index (κ2) is 6.73. The maximum atomic E-state index is 12.9. The zero-order valence-electron chi connectivity index (χ0n) is 15.4. The minimum Gasteiger partial charge on any atom is -0.446 e. The van der Waals surface area contributed by atoms with Crippen LogP contribution < -0.4 is 21.2 Å². The highest BCUT2D eigenvalue weighted by atomic mass is 16.5. The summed E-state index contributed by atoms with van der Waals surface area (Å²) < 4.78 is 6.96. The van der Waals surface area contributed by atoms with E-state index in [9.17, 15) is 14.4 Å². The SMILES string of the molecule is CN(C)C(=O)c1cccc2c1Oc1c(c(=O)n(Cc3ccccc3)[nH]c1=O)N2.